The first-order valence-corrected chi connectivity index (χ1v) is 8.74. The second-order valence-corrected chi connectivity index (χ2v) is 7.10. The van der Waals surface area contributed by atoms with Crippen LogP contribution >= 0.6 is 0 Å². The number of hydrogen-bond donors (Lipinski definition) is 0. The van der Waals surface area contributed by atoms with Crippen molar-refractivity contribution in [3.8, 4) is 11.3 Å². The fraction of sp³-hybridized carbons (Fsp3) is 0.421. The van der Waals surface area contributed by atoms with E-state index in [0.717, 1.165) is 17.7 Å². The van der Waals surface area contributed by atoms with Crippen molar-refractivity contribution in [1.29, 1.82) is 0 Å². The van der Waals surface area contributed by atoms with E-state index in [1.807, 2.05) is 43.4 Å². The van der Waals surface area contributed by atoms with Crippen LogP contribution in [0.25, 0.3) is 11.3 Å². The normalized spacial score (nSPS) is 23.1. The van der Waals surface area contributed by atoms with Crippen LogP contribution in [0.3, 0.4) is 0 Å². The molecule has 7 heteroatoms. The van der Waals surface area contributed by atoms with E-state index in [1.165, 1.54) is 0 Å². The summed E-state index contributed by atoms with van der Waals surface area (Å²) in [4.78, 5) is 28.0. The van der Waals surface area contributed by atoms with Crippen molar-refractivity contribution in [2.75, 3.05) is 33.3 Å². The number of amides is 2. The number of morpholine rings is 1. The maximum absolute atomic E-state index is 12.9. The van der Waals surface area contributed by atoms with Crippen LogP contribution in [0, 0.1) is 0 Å². The number of aryl methyl sites for hydroxylation is 1. The van der Waals surface area contributed by atoms with Crippen molar-refractivity contribution in [3.05, 3.63) is 42.1 Å². The average Bonchev–Trinajstić information content (AvgIpc) is 3.23. The van der Waals surface area contributed by atoms with Gasteiger partial charge >= 0.3 is 0 Å². The first-order valence-electron chi connectivity index (χ1n) is 8.74. The summed E-state index contributed by atoms with van der Waals surface area (Å²) in [6.07, 6.45) is 0.731. The fourth-order valence-corrected chi connectivity index (χ4v) is 3.77. The van der Waals surface area contributed by atoms with Crippen LogP contribution in [0.2, 0.25) is 0 Å². The van der Waals surface area contributed by atoms with Gasteiger partial charge in [-0.2, -0.15) is 5.10 Å². The topological polar surface area (TPSA) is 67.7 Å². The lowest BCUT2D eigenvalue weighted by Crippen LogP contribution is -2.54. The number of hydrogen-bond acceptors (Lipinski definition) is 4. The fourth-order valence-electron chi connectivity index (χ4n) is 3.77. The lowest BCUT2D eigenvalue weighted by molar-refractivity contribution is -0.158. The molecule has 2 aromatic rings. The monoisotopic (exact) mass is 354 g/mol. The summed E-state index contributed by atoms with van der Waals surface area (Å²) in [6.45, 7) is 1.70. The molecule has 7 nitrogen and oxygen atoms in total. The molecule has 136 valence electrons. The highest BCUT2D eigenvalue weighted by atomic mass is 16.5. The highest BCUT2D eigenvalue weighted by molar-refractivity contribution is 5.93. The van der Waals surface area contributed by atoms with Gasteiger partial charge in [-0.15, -0.1) is 0 Å². The van der Waals surface area contributed by atoms with Crippen LogP contribution in [0.4, 0.5) is 0 Å². The van der Waals surface area contributed by atoms with Crippen molar-refractivity contribution < 1.29 is 14.3 Å². The van der Waals surface area contributed by atoms with E-state index in [2.05, 4.69) is 5.10 Å². The maximum Gasteiger partial charge on any atom is 0.274 e. The van der Waals surface area contributed by atoms with E-state index in [1.54, 1.807) is 21.5 Å². The maximum atomic E-state index is 12.9. The van der Waals surface area contributed by atoms with Gasteiger partial charge in [0.25, 0.3) is 5.91 Å². The van der Waals surface area contributed by atoms with Gasteiger partial charge in [-0.25, -0.2) is 0 Å². The molecule has 3 heterocycles. The quantitative estimate of drug-likeness (QED) is 0.812. The van der Waals surface area contributed by atoms with Crippen LogP contribution in [-0.4, -0.2) is 70.3 Å². The number of ether oxygens (including phenoxy) is 1. The van der Waals surface area contributed by atoms with E-state index in [9.17, 15) is 9.59 Å². The molecule has 1 spiro atoms. The van der Waals surface area contributed by atoms with E-state index >= 15 is 0 Å². The van der Waals surface area contributed by atoms with Crippen LogP contribution < -0.4 is 0 Å². The zero-order chi connectivity index (χ0) is 18.3. The van der Waals surface area contributed by atoms with Crippen molar-refractivity contribution in [2.45, 2.75) is 12.0 Å². The lowest BCUT2D eigenvalue weighted by Gasteiger charge is -2.38. The predicted molar refractivity (Wildman–Crippen MR) is 95.5 cm³/mol. The van der Waals surface area contributed by atoms with Crippen molar-refractivity contribution in [2.24, 2.45) is 7.05 Å². The molecule has 2 saturated heterocycles. The molecule has 0 bridgehead atoms. The predicted octanol–water partition coefficient (Wildman–Crippen LogP) is 1.16. The van der Waals surface area contributed by atoms with E-state index in [4.69, 9.17) is 4.74 Å². The van der Waals surface area contributed by atoms with E-state index in [-0.39, 0.29) is 18.4 Å². The van der Waals surface area contributed by atoms with Gasteiger partial charge in [-0.3, -0.25) is 14.3 Å². The van der Waals surface area contributed by atoms with Gasteiger partial charge in [0.05, 0.1) is 18.8 Å². The zero-order valence-electron chi connectivity index (χ0n) is 15.0. The van der Waals surface area contributed by atoms with Gasteiger partial charge < -0.3 is 14.5 Å². The Morgan fingerprint density at radius 2 is 1.96 bits per heavy atom. The average molecular weight is 354 g/mol. The van der Waals surface area contributed by atoms with E-state index < -0.39 is 5.60 Å². The molecule has 0 N–H and O–H groups in total. The minimum Gasteiger partial charge on any atom is -0.361 e. The molecule has 2 fully saturated rings. The van der Waals surface area contributed by atoms with Crippen molar-refractivity contribution >= 4 is 11.8 Å². The molecule has 0 unspecified atom stereocenters. The summed E-state index contributed by atoms with van der Waals surface area (Å²) in [5.41, 5.74) is 1.91. The molecule has 1 aromatic heterocycles. The Labute approximate surface area is 152 Å². The molecule has 1 atom stereocenters. The van der Waals surface area contributed by atoms with Gasteiger partial charge in [-0.05, 0) is 18.1 Å². The SMILES string of the molecule is CN1C[C@@]2(CCN(C(=O)c3cc(-c4ccccc4)n(C)n3)C2)OCC1=O. The summed E-state index contributed by atoms with van der Waals surface area (Å²) in [5, 5.41) is 4.41. The highest BCUT2D eigenvalue weighted by Gasteiger charge is 2.45. The summed E-state index contributed by atoms with van der Waals surface area (Å²) < 4.78 is 7.55. The van der Waals surface area contributed by atoms with Gasteiger partial charge in [-0.1, -0.05) is 30.3 Å². The molecule has 2 amide bonds. The molecule has 0 radical (unpaired) electrons. The number of rotatable bonds is 2. The molecule has 1 aromatic carbocycles. The Morgan fingerprint density at radius 1 is 1.19 bits per heavy atom. The van der Waals surface area contributed by atoms with Crippen LogP contribution in [0.1, 0.15) is 16.9 Å². The number of likely N-dealkylation sites (tertiary alicyclic amines) is 1. The molecule has 4 rings (SSSR count). The largest absolute Gasteiger partial charge is 0.361 e. The summed E-state index contributed by atoms with van der Waals surface area (Å²) >= 11 is 0. The number of nitrogens with zero attached hydrogens (tertiary/aromatic N) is 4. The van der Waals surface area contributed by atoms with Gasteiger partial charge in [0, 0.05) is 20.6 Å². The summed E-state index contributed by atoms with van der Waals surface area (Å²) in [5.74, 6) is -0.111. The van der Waals surface area contributed by atoms with E-state index in [0.29, 0.717) is 25.3 Å². The molecule has 2 aliphatic heterocycles. The molecular weight excluding hydrogens is 332 g/mol. The van der Waals surface area contributed by atoms with Crippen LogP contribution in [0.15, 0.2) is 36.4 Å². The molecule has 0 aliphatic carbocycles. The molecule has 2 aliphatic rings. The summed E-state index contributed by atoms with van der Waals surface area (Å²) in [6, 6.07) is 11.7. The number of carbonyl (C=O) groups is 2. The third-order valence-electron chi connectivity index (χ3n) is 5.22. The number of likely N-dealkylation sites (N-methyl/N-ethyl adjacent to an activating group) is 1. The van der Waals surface area contributed by atoms with Gasteiger partial charge in [0.15, 0.2) is 5.69 Å². The lowest BCUT2D eigenvalue weighted by atomic mass is 10.0. The van der Waals surface area contributed by atoms with Crippen molar-refractivity contribution in [1.82, 2.24) is 19.6 Å². The Morgan fingerprint density at radius 3 is 2.69 bits per heavy atom. The summed E-state index contributed by atoms with van der Waals surface area (Å²) in [7, 11) is 3.62. The Bertz CT molecular complexity index is 848. The number of carbonyl (C=O) groups excluding carboxylic acids is 2. The first kappa shape index (κ1) is 16.8. The second kappa shape index (κ2) is 6.25. The molecule has 0 saturated carbocycles. The third kappa shape index (κ3) is 2.88. The standard InChI is InChI=1S/C19H22N4O3/c1-21-12-19(26-11-17(21)24)8-9-23(13-19)18(25)15-10-16(22(2)20-15)14-6-4-3-5-7-14/h3-7,10H,8-9,11-13H2,1-2H3/t19-/m1/s1. The number of benzene rings is 1. The van der Waals surface area contributed by atoms with Crippen molar-refractivity contribution in [3.63, 3.8) is 0 Å². The van der Waals surface area contributed by atoms with Gasteiger partial charge in [0.2, 0.25) is 5.91 Å². The zero-order valence-corrected chi connectivity index (χ0v) is 15.0. The minimum atomic E-state index is -0.449. The second-order valence-electron chi connectivity index (χ2n) is 7.10. The number of aromatic nitrogens is 2. The Balaban J connectivity index is 1.52. The van der Waals surface area contributed by atoms with Crippen LogP contribution in [-0.2, 0) is 16.6 Å². The van der Waals surface area contributed by atoms with Crippen LogP contribution in [0.5, 0.6) is 0 Å². The smallest absolute Gasteiger partial charge is 0.274 e. The molecule has 26 heavy (non-hydrogen) atoms. The highest BCUT2D eigenvalue weighted by Crippen LogP contribution is 2.30. The Kier molecular flexibility index (Phi) is 4.03. The third-order valence-corrected chi connectivity index (χ3v) is 5.22. The first-order chi connectivity index (χ1) is 12.5. The minimum absolute atomic E-state index is 0.0161. The Hall–Kier alpha value is -2.67. The molecular formula is C19H22N4O3. The van der Waals surface area contributed by atoms with Gasteiger partial charge in [0.1, 0.15) is 12.2 Å².